The fourth-order valence-corrected chi connectivity index (χ4v) is 4.07. The van der Waals surface area contributed by atoms with Crippen LogP contribution in [0.3, 0.4) is 0 Å². The second kappa shape index (κ2) is 9.61. The van der Waals surface area contributed by atoms with Gasteiger partial charge in [0.2, 0.25) is 0 Å². The van der Waals surface area contributed by atoms with E-state index in [1.54, 1.807) is 18.2 Å². The van der Waals surface area contributed by atoms with E-state index in [0.717, 1.165) is 11.3 Å². The quantitative estimate of drug-likeness (QED) is 0.220. The first-order chi connectivity index (χ1) is 14.7. The van der Waals surface area contributed by atoms with Crippen molar-refractivity contribution in [3.63, 3.8) is 0 Å². The molecule has 0 bridgehead atoms. The normalized spacial score (nSPS) is 11.1. The molecule has 0 fully saturated rings. The number of halogens is 1. The van der Waals surface area contributed by atoms with Gasteiger partial charge >= 0.3 is 0 Å². The molecule has 5 heteroatoms. The molecule has 0 amide bonds. The van der Waals surface area contributed by atoms with Crippen LogP contribution in [-0.2, 0) is 13.0 Å². The number of furan rings is 1. The van der Waals surface area contributed by atoms with Gasteiger partial charge in [-0.05, 0) is 54.1 Å². The Kier molecular flexibility index (Phi) is 6.47. The van der Waals surface area contributed by atoms with Crippen LogP contribution in [0.1, 0.15) is 31.6 Å². The van der Waals surface area contributed by atoms with Gasteiger partial charge in [0.05, 0.1) is 9.90 Å². The first-order valence-electron chi connectivity index (χ1n) is 9.48. The molecule has 30 heavy (non-hydrogen) atoms. The summed E-state index contributed by atoms with van der Waals surface area (Å²) in [6.45, 7) is 0.263. The molecule has 4 aromatic rings. The standard InChI is InChI=1S/C25H19ClO3S/c26-22-8-4-5-9-24(22)28-17-20-11-10-19(29-20)12-14-23(27)25-15-13-21(30-25)16-18-6-2-1-3-7-18/h1-15H,16-17H2/b14-12+. The molecule has 0 unspecified atom stereocenters. The number of para-hydroxylation sites is 1. The SMILES string of the molecule is O=C(/C=C/c1ccc(COc2ccccc2Cl)o1)c1ccc(Cc2ccccc2)s1. The number of allylic oxidation sites excluding steroid dienone is 1. The van der Waals surface area contributed by atoms with Crippen molar-refractivity contribution in [1.29, 1.82) is 0 Å². The van der Waals surface area contributed by atoms with Crippen LogP contribution in [0.4, 0.5) is 0 Å². The van der Waals surface area contributed by atoms with Crippen molar-refractivity contribution in [2.45, 2.75) is 13.0 Å². The number of thiophene rings is 1. The fraction of sp³-hybridized carbons (Fsp3) is 0.0800. The Labute approximate surface area is 184 Å². The number of ether oxygens (including phenoxy) is 1. The molecule has 3 nitrogen and oxygen atoms in total. The smallest absolute Gasteiger partial charge is 0.195 e. The minimum Gasteiger partial charge on any atom is -0.484 e. The van der Waals surface area contributed by atoms with Gasteiger partial charge in [-0.3, -0.25) is 4.79 Å². The van der Waals surface area contributed by atoms with Crippen LogP contribution in [0.15, 0.2) is 89.4 Å². The van der Waals surface area contributed by atoms with Gasteiger partial charge in [0.15, 0.2) is 5.78 Å². The first kappa shape index (κ1) is 20.2. The molecule has 0 aliphatic heterocycles. The Morgan fingerprint density at radius 2 is 1.77 bits per heavy atom. The number of benzene rings is 2. The Bertz CT molecular complexity index is 1160. The van der Waals surface area contributed by atoms with Gasteiger partial charge in [0.1, 0.15) is 23.9 Å². The van der Waals surface area contributed by atoms with E-state index in [4.69, 9.17) is 20.8 Å². The highest BCUT2D eigenvalue weighted by atomic mass is 35.5. The lowest BCUT2D eigenvalue weighted by molar-refractivity contribution is 0.105. The van der Waals surface area contributed by atoms with Crippen molar-refractivity contribution in [3.05, 3.63) is 117 Å². The van der Waals surface area contributed by atoms with Crippen molar-refractivity contribution in [3.8, 4) is 5.75 Å². The van der Waals surface area contributed by atoms with Crippen molar-refractivity contribution in [2.24, 2.45) is 0 Å². The molecule has 4 rings (SSSR count). The monoisotopic (exact) mass is 434 g/mol. The molecule has 150 valence electrons. The van der Waals surface area contributed by atoms with Gasteiger partial charge in [-0.2, -0.15) is 0 Å². The summed E-state index contributed by atoms with van der Waals surface area (Å²) in [5, 5.41) is 0.553. The van der Waals surface area contributed by atoms with Crippen LogP contribution in [0.5, 0.6) is 5.75 Å². The minimum atomic E-state index is -0.0374. The lowest BCUT2D eigenvalue weighted by Crippen LogP contribution is -1.93. The second-order valence-electron chi connectivity index (χ2n) is 6.65. The van der Waals surface area contributed by atoms with Crippen LogP contribution in [-0.4, -0.2) is 5.78 Å². The molecule has 0 saturated heterocycles. The predicted octanol–water partition coefficient (Wildman–Crippen LogP) is 7.06. The number of carbonyl (C=O) groups excluding carboxylic acids is 1. The van der Waals surface area contributed by atoms with Crippen molar-refractivity contribution in [2.75, 3.05) is 0 Å². The van der Waals surface area contributed by atoms with Gasteiger partial charge < -0.3 is 9.15 Å². The lowest BCUT2D eigenvalue weighted by atomic mass is 10.1. The van der Waals surface area contributed by atoms with E-state index in [-0.39, 0.29) is 12.4 Å². The van der Waals surface area contributed by atoms with Gasteiger partial charge in [-0.15, -0.1) is 11.3 Å². The summed E-state index contributed by atoms with van der Waals surface area (Å²) in [7, 11) is 0. The Morgan fingerprint density at radius 1 is 0.967 bits per heavy atom. The molecule has 2 heterocycles. The highest BCUT2D eigenvalue weighted by molar-refractivity contribution is 7.14. The van der Waals surface area contributed by atoms with E-state index in [2.05, 4.69) is 12.1 Å². The van der Waals surface area contributed by atoms with Crippen LogP contribution in [0, 0.1) is 0 Å². The van der Waals surface area contributed by atoms with Crippen LogP contribution in [0.25, 0.3) is 6.08 Å². The van der Waals surface area contributed by atoms with Gasteiger partial charge in [0.25, 0.3) is 0 Å². The number of ketones is 1. The molecule has 0 atom stereocenters. The molecule has 0 spiro atoms. The average molecular weight is 435 g/mol. The molecular weight excluding hydrogens is 416 g/mol. The van der Waals surface area contributed by atoms with Gasteiger partial charge in [-0.25, -0.2) is 0 Å². The third kappa shape index (κ3) is 5.29. The second-order valence-corrected chi connectivity index (χ2v) is 8.22. The zero-order valence-electron chi connectivity index (χ0n) is 16.1. The topological polar surface area (TPSA) is 39.4 Å². The minimum absolute atomic E-state index is 0.0374. The first-order valence-corrected chi connectivity index (χ1v) is 10.7. The summed E-state index contributed by atoms with van der Waals surface area (Å²) in [5.41, 5.74) is 1.23. The largest absolute Gasteiger partial charge is 0.484 e. The number of rotatable bonds is 8. The van der Waals surface area contributed by atoms with Gasteiger partial charge in [-0.1, -0.05) is 54.1 Å². The molecule has 0 saturated carbocycles. The van der Waals surface area contributed by atoms with E-state index >= 15 is 0 Å². The zero-order chi connectivity index (χ0) is 20.8. The average Bonchev–Trinajstić information content (AvgIpc) is 3.42. The Morgan fingerprint density at radius 3 is 2.60 bits per heavy atom. The maximum atomic E-state index is 12.5. The van der Waals surface area contributed by atoms with E-state index in [1.807, 2.05) is 54.6 Å². The number of hydrogen-bond donors (Lipinski definition) is 0. The maximum absolute atomic E-state index is 12.5. The molecule has 0 aliphatic carbocycles. The molecule has 2 aromatic carbocycles. The Balaban J connectivity index is 1.34. The third-order valence-corrected chi connectivity index (χ3v) is 5.83. The molecule has 0 aliphatic rings. The number of hydrogen-bond acceptors (Lipinski definition) is 4. The summed E-state index contributed by atoms with van der Waals surface area (Å²) >= 11 is 7.60. The predicted molar refractivity (Wildman–Crippen MR) is 121 cm³/mol. The number of carbonyl (C=O) groups is 1. The van der Waals surface area contributed by atoms with E-state index < -0.39 is 0 Å². The summed E-state index contributed by atoms with van der Waals surface area (Å²) in [6, 6.07) is 25.0. The summed E-state index contributed by atoms with van der Waals surface area (Å²) in [6.07, 6.45) is 4.04. The van der Waals surface area contributed by atoms with Crippen LogP contribution < -0.4 is 4.74 Å². The van der Waals surface area contributed by atoms with E-state index in [1.165, 1.54) is 23.0 Å². The van der Waals surface area contributed by atoms with Crippen molar-refractivity contribution >= 4 is 34.8 Å². The Hall–Kier alpha value is -3.08. The highest BCUT2D eigenvalue weighted by Gasteiger charge is 2.08. The lowest BCUT2D eigenvalue weighted by Gasteiger charge is -2.05. The maximum Gasteiger partial charge on any atom is 0.195 e. The zero-order valence-corrected chi connectivity index (χ0v) is 17.7. The van der Waals surface area contributed by atoms with Gasteiger partial charge in [0, 0.05) is 11.3 Å². The summed E-state index contributed by atoms with van der Waals surface area (Å²) in [4.78, 5) is 14.4. The summed E-state index contributed by atoms with van der Waals surface area (Å²) in [5.74, 6) is 1.82. The van der Waals surface area contributed by atoms with E-state index in [0.29, 0.717) is 27.2 Å². The van der Waals surface area contributed by atoms with Crippen molar-refractivity contribution < 1.29 is 13.9 Å². The van der Waals surface area contributed by atoms with Crippen LogP contribution >= 0.6 is 22.9 Å². The van der Waals surface area contributed by atoms with Crippen molar-refractivity contribution in [1.82, 2.24) is 0 Å². The third-order valence-electron chi connectivity index (χ3n) is 4.41. The molecule has 0 radical (unpaired) electrons. The van der Waals surface area contributed by atoms with Crippen LogP contribution in [0.2, 0.25) is 5.02 Å². The molecule has 2 aromatic heterocycles. The fourth-order valence-electron chi connectivity index (χ4n) is 2.91. The molecular formula is C25H19ClO3S. The summed E-state index contributed by atoms with van der Waals surface area (Å²) < 4.78 is 11.4. The highest BCUT2D eigenvalue weighted by Crippen LogP contribution is 2.25. The van der Waals surface area contributed by atoms with E-state index in [9.17, 15) is 4.79 Å². The molecule has 0 N–H and O–H groups in total.